The average Bonchev–Trinajstić information content (AvgIpc) is 3.59. The molecule has 2 aliphatic heterocycles. The van der Waals surface area contributed by atoms with E-state index in [1.807, 2.05) is 6.92 Å². The number of carbonyl (C=O) groups is 1. The number of hydrogen-bond acceptors (Lipinski definition) is 6. The molecule has 0 saturated carbocycles. The van der Waals surface area contributed by atoms with Crippen LogP contribution in [0.25, 0.3) is 17.2 Å². The number of rotatable bonds is 3. The highest BCUT2D eigenvalue weighted by Gasteiger charge is 2.37. The second-order valence-corrected chi connectivity index (χ2v) is 14.7. The number of carbonyl (C=O) groups excluding carboxylic acids is 1. The van der Waals surface area contributed by atoms with E-state index in [1.165, 1.54) is 33.9 Å². The van der Waals surface area contributed by atoms with Crippen LogP contribution in [0.5, 0.6) is 0 Å². The van der Waals surface area contributed by atoms with Gasteiger partial charge in [0.25, 0.3) is 0 Å². The Morgan fingerprint density at radius 1 is 1.07 bits per heavy atom. The molecule has 2 aromatic carbocycles. The van der Waals surface area contributed by atoms with Crippen LogP contribution >= 0.6 is 0 Å². The van der Waals surface area contributed by atoms with E-state index in [9.17, 15) is 18.2 Å². The van der Waals surface area contributed by atoms with Crippen molar-refractivity contribution in [2.75, 3.05) is 12.8 Å². The van der Waals surface area contributed by atoms with Crippen molar-refractivity contribution in [3.05, 3.63) is 86.7 Å². The second kappa shape index (κ2) is 10.1. The van der Waals surface area contributed by atoms with Crippen LogP contribution in [-0.4, -0.2) is 52.5 Å². The topological polar surface area (TPSA) is 104 Å². The van der Waals surface area contributed by atoms with Gasteiger partial charge in [-0.25, -0.2) is 31.6 Å². The molecule has 4 heterocycles. The molecular formula is C31H34F2N6O4S. The van der Waals surface area contributed by atoms with Crippen molar-refractivity contribution in [2.45, 2.75) is 71.0 Å². The van der Waals surface area contributed by atoms with Crippen molar-refractivity contribution < 1.29 is 22.5 Å². The number of aromatic nitrogens is 4. The van der Waals surface area contributed by atoms with Crippen LogP contribution in [0.15, 0.2) is 50.7 Å². The molecule has 4 aromatic rings. The van der Waals surface area contributed by atoms with E-state index in [2.05, 4.69) is 4.36 Å². The number of ether oxygens (including phenoxy) is 1. The standard InChI is InChI=1S/C31H34F2N6O4S/c1-17-14-20(15-18(2)26(17)32)39-28(25-19(3)36(11-10-22(25)35-39)30(41)43-31(4,5)6)38-13-12-37(29(38)40)23-8-9-24-21(27(23)33)16-34-44(24,7)42/h8-9,12-15,19H,10-11,16H2,1-7H3/t19-,44?/m0/s1. The lowest BCUT2D eigenvalue weighted by molar-refractivity contribution is 0.0159. The first-order chi connectivity index (χ1) is 20.6. The predicted octanol–water partition coefficient (Wildman–Crippen LogP) is 5.53. The first-order valence-corrected chi connectivity index (χ1v) is 16.2. The minimum absolute atomic E-state index is 0.00312. The molecule has 0 aliphatic carbocycles. The number of aryl methyl sites for hydroxylation is 2. The summed E-state index contributed by atoms with van der Waals surface area (Å²) >= 11 is 0. The van der Waals surface area contributed by atoms with Gasteiger partial charge in [0.15, 0.2) is 5.82 Å². The van der Waals surface area contributed by atoms with Crippen LogP contribution in [-0.2, 0) is 27.4 Å². The van der Waals surface area contributed by atoms with E-state index in [-0.39, 0.29) is 23.6 Å². The van der Waals surface area contributed by atoms with Crippen LogP contribution < -0.4 is 5.69 Å². The average molecular weight is 625 g/mol. The van der Waals surface area contributed by atoms with Crippen LogP contribution in [0.1, 0.15) is 61.7 Å². The van der Waals surface area contributed by atoms with Crippen molar-refractivity contribution in [2.24, 2.45) is 4.36 Å². The molecule has 1 unspecified atom stereocenters. The van der Waals surface area contributed by atoms with E-state index in [0.29, 0.717) is 51.8 Å². The van der Waals surface area contributed by atoms with Gasteiger partial charge in [0, 0.05) is 42.7 Å². The molecule has 0 spiro atoms. The maximum absolute atomic E-state index is 15.8. The molecule has 0 fully saturated rings. The van der Waals surface area contributed by atoms with Crippen molar-refractivity contribution >= 4 is 15.8 Å². The summed E-state index contributed by atoms with van der Waals surface area (Å²) in [6.07, 6.45) is 4.33. The highest BCUT2D eigenvalue weighted by molar-refractivity contribution is 7.93. The summed E-state index contributed by atoms with van der Waals surface area (Å²) in [5.74, 6) is -0.652. The molecule has 0 bridgehead atoms. The number of imidazole rings is 1. The first-order valence-electron chi connectivity index (χ1n) is 14.3. The van der Waals surface area contributed by atoms with E-state index < -0.39 is 39.0 Å². The number of fused-ring (bicyclic) bond motifs is 2. The Kier molecular flexibility index (Phi) is 6.87. The van der Waals surface area contributed by atoms with Gasteiger partial charge < -0.3 is 9.64 Å². The number of benzene rings is 2. The van der Waals surface area contributed by atoms with Gasteiger partial charge in [-0.3, -0.25) is 9.13 Å². The molecule has 2 aromatic heterocycles. The van der Waals surface area contributed by atoms with Crippen molar-refractivity contribution in [3.63, 3.8) is 0 Å². The Morgan fingerprint density at radius 2 is 1.73 bits per heavy atom. The Morgan fingerprint density at radius 3 is 2.39 bits per heavy atom. The summed E-state index contributed by atoms with van der Waals surface area (Å²) < 4.78 is 57.0. The van der Waals surface area contributed by atoms with E-state index in [1.54, 1.807) is 62.4 Å². The fourth-order valence-electron chi connectivity index (χ4n) is 5.94. The van der Waals surface area contributed by atoms with Crippen molar-refractivity contribution in [3.8, 4) is 17.2 Å². The maximum Gasteiger partial charge on any atom is 0.410 e. The Hall–Kier alpha value is -4.26. The van der Waals surface area contributed by atoms with Gasteiger partial charge in [0.05, 0.1) is 44.3 Å². The third-order valence-electron chi connectivity index (χ3n) is 8.06. The minimum Gasteiger partial charge on any atom is -0.444 e. The normalized spacial score (nSPS) is 19.5. The number of nitrogens with zero attached hydrogens (tertiary/aromatic N) is 6. The fourth-order valence-corrected chi connectivity index (χ4v) is 7.39. The zero-order valence-electron chi connectivity index (χ0n) is 25.6. The predicted molar refractivity (Wildman–Crippen MR) is 161 cm³/mol. The highest BCUT2D eigenvalue weighted by atomic mass is 32.2. The fraction of sp³-hybridized carbons (Fsp3) is 0.387. The monoisotopic (exact) mass is 624 g/mol. The molecule has 13 heteroatoms. The minimum atomic E-state index is -2.69. The SMILES string of the molecule is Cc1cc(-n2nc3c(c2-n2ccn(-c4ccc5c(c4F)CN=S5(C)=O)c2=O)[C@H](C)N(C(=O)OC(C)(C)C)CC3)cc(C)c1F. The first kappa shape index (κ1) is 29.8. The zero-order valence-corrected chi connectivity index (χ0v) is 26.5. The summed E-state index contributed by atoms with van der Waals surface area (Å²) in [5.41, 5.74) is 1.56. The summed E-state index contributed by atoms with van der Waals surface area (Å²) in [5, 5.41) is 4.86. The molecule has 0 saturated heterocycles. The number of halogens is 2. The quantitative estimate of drug-likeness (QED) is 0.298. The molecule has 1 amide bonds. The smallest absolute Gasteiger partial charge is 0.410 e. The van der Waals surface area contributed by atoms with Gasteiger partial charge in [-0.15, -0.1) is 0 Å². The lowest BCUT2D eigenvalue weighted by Gasteiger charge is -2.34. The number of hydrogen-bond donors (Lipinski definition) is 0. The third kappa shape index (κ3) is 4.73. The lowest BCUT2D eigenvalue weighted by atomic mass is 10.00. The van der Waals surface area contributed by atoms with E-state index >= 15 is 4.39 Å². The summed E-state index contributed by atoms with van der Waals surface area (Å²) in [4.78, 5) is 29.2. The van der Waals surface area contributed by atoms with Gasteiger partial charge in [-0.1, -0.05) is 0 Å². The third-order valence-corrected chi connectivity index (χ3v) is 9.88. The molecule has 0 radical (unpaired) electrons. The van der Waals surface area contributed by atoms with Crippen LogP contribution in [0.4, 0.5) is 13.6 Å². The second-order valence-electron chi connectivity index (χ2n) is 12.4. The van der Waals surface area contributed by atoms with Gasteiger partial charge in [0.1, 0.15) is 17.2 Å². The van der Waals surface area contributed by atoms with Crippen molar-refractivity contribution in [1.82, 2.24) is 23.8 Å². The largest absolute Gasteiger partial charge is 0.444 e. The molecule has 6 rings (SSSR count). The molecule has 232 valence electrons. The van der Waals surface area contributed by atoms with Gasteiger partial charge in [0.2, 0.25) is 0 Å². The van der Waals surface area contributed by atoms with E-state index in [0.717, 1.165) is 0 Å². The van der Waals surface area contributed by atoms with Crippen LogP contribution in [0.2, 0.25) is 0 Å². The summed E-state index contributed by atoms with van der Waals surface area (Å²) in [7, 11) is -2.69. The Bertz CT molecular complexity index is 2020. The number of amides is 1. The van der Waals surface area contributed by atoms with E-state index in [4.69, 9.17) is 9.84 Å². The molecule has 10 nitrogen and oxygen atoms in total. The molecule has 0 N–H and O–H groups in total. The van der Waals surface area contributed by atoms with Crippen LogP contribution in [0.3, 0.4) is 0 Å². The van der Waals surface area contributed by atoms with Gasteiger partial charge in [-0.2, -0.15) is 5.10 Å². The maximum atomic E-state index is 15.8. The Balaban J connectivity index is 1.54. The molecule has 2 aliphatic rings. The van der Waals surface area contributed by atoms with Crippen molar-refractivity contribution in [1.29, 1.82) is 0 Å². The summed E-state index contributed by atoms with van der Waals surface area (Å²) in [6, 6.07) is 5.73. The Labute approximate surface area is 254 Å². The highest BCUT2D eigenvalue weighted by Crippen LogP contribution is 2.37. The lowest BCUT2D eigenvalue weighted by Crippen LogP contribution is -2.42. The van der Waals surface area contributed by atoms with Gasteiger partial charge >= 0.3 is 11.8 Å². The zero-order chi connectivity index (χ0) is 31.9. The van der Waals surface area contributed by atoms with Crippen LogP contribution in [0, 0.1) is 25.5 Å². The molecule has 2 atom stereocenters. The molecule has 44 heavy (non-hydrogen) atoms. The van der Waals surface area contributed by atoms with Gasteiger partial charge in [-0.05, 0) is 76.9 Å². The molecular weight excluding hydrogens is 590 g/mol. The summed E-state index contributed by atoms with van der Waals surface area (Å²) in [6.45, 7) is 10.8.